The fourth-order valence-electron chi connectivity index (χ4n) is 3.10. The van der Waals surface area contributed by atoms with Crippen molar-refractivity contribution in [3.8, 4) is 0 Å². The Labute approximate surface area is 164 Å². The van der Waals surface area contributed by atoms with Crippen molar-refractivity contribution in [3.05, 3.63) is 70.5 Å². The number of thioether (sulfide) groups is 1. The van der Waals surface area contributed by atoms with E-state index in [1.165, 1.54) is 5.56 Å². The monoisotopic (exact) mass is 382 g/mol. The van der Waals surface area contributed by atoms with Gasteiger partial charge in [-0.25, -0.2) is 4.98 Å². The Morgan fingerprint density at radius 2 is 1.70 bits per heavy atom. The van der Waals surface area contributed by atoms with Gasteiger partial charge in [-0.1, -0.05) is 60.6 Å². The van der Waals surface area contributed by atoms with Crippen LogP contribution >= 0.6 is 11.8 Å². The van der Waals surface area contributed by atoms with Crippen molar-refractivity contribution in [2.45, 2.75) is 43.8 Å². The SMILES string of the molecule is O=c1c2ccccc2nc(SCCCCCO)n1CCCc1ccccc1. The molecule has 4 nitrogen and oxygen atoms in total. The number of rotatable bonds is 10. The summed E-state index contributed by atoms with van der Waals surface area (Å²) in [5, 5.41) is 10.4. The summed E-state index contributed by atoms with van der Waals surface area (Å²) in [5.74, 6) is 0.906. The van der Waals surface area contributed by atoms with Gasteiger partial charge in [-0.2, -0.15) is 0 Å². The third-order valence-electron chi connectivity index (χ3n) is 4.55. The third kappa shape index (κ3) is 5.44. The van der Waals surface area contributed by atoms with Gasteiger partial charge < -0.3 is 5.11 Å². The normalized spacial score (nSPS) is 11.1. The minimum atomic E-state index is 0.0477. The third-order valence-corrected chi connectivity index (χ3v) is 5.61. The van der Waals surface area contributed by atoms with Gasteiger partial charge in [-0.15, -0.1) is 0 Å². The number of aliphatic hydroxyl groups excluding tert-OH is 1. The van der Waals surface area contributed by atoms with E-state index in [-0.39, 0.29) is 12.2 Å². The van der Waals surface area contributed by atoms with Gasteiger partial charge in [0.2, 0.25) is 0 Å². The zero-order chi connectivity index (χ0) is 18.9. The van der Waals surface area contributed by atoms with Gasteiger partial charge in [0.15, 0.2) is 5.16 Å². The van der Waals surface area contributed by atoms with Crippen LogP contribution in [0.4, 0.5) is 0 Å². The molecule has 1 heterocycles. The fourth-order valence-corrected chi connectivity index (χ4v) is 4.12. The number of para-hydroxylation sites is 1. The summed E-state index contributed by atoms with van der Waals surface area (Å²) in [6.07, 6.45) is 4.69. The highest BCUT2D eigenvalue weighted by atomic mass is 32.2. The second-order valence-electron chi connectivity index (χ2n) is 6.59. The second-order valence-corrected chi connectivity index (χ2v) is 7.65. The van der Waals surface area contributed by atoms with Crippen molar-refractivity contribution in [3.63, 3.8) is 0 Å². The fraction of sp³-hybridized carbons (Fsp3) is 0.364. The lowest BCUT2D eigenvalue weighted by atomic mass is 10.1. The minimum Gasteiger partial charge on any atom is -0.396 e. The Morgan fingerprint density at radius 1 is 0.926 bits per heavy atom. The molecule has 3 rings (SSSR count). The van der Waals surface area contributed by atoms with E-state index < -0.39 is 0 Å². The minimum absolute atomic E-state index is 0.0477. The average Bonchev–Trinajstić information content (AvgIpc) is 2.71. The first-order chi connectivity index (χ1) is 13.3. The first-order valence-electron chi connectivity index (χ1n) is 9.57. The molecule has 0 aliphatic carbocycles. The lowest BCUT2D eigenvalue weighted by Crippen LogP contribution is -2.23. The van der Waals surface area contributed by atoms with E-state index in [9.17, 15) is 4.79 Å². The van der Waals surface area contributed by atoms with Crippen LogP contribution in [0.2, 0.25) is 0 Å². The van der Waals surface area contributed by atoms with Crippen molar-refractivity contribution in [1.29, 1.82) is 0 Å². The van der Waals surface area contributed by atoms with Gasteiger partial charge in [0, 0.05) is 18.9 Å². The van der Waals surface area contributed by atoms with Crippen molar-refractivity contribution in [2.75, 3.05) is 12.4 Å². The van der Waals surface area contributed by atoms with E-state index in [2.05, 4.69) is 12.1 Å². The van der Waals surface area contributed by atoms with E-state index in [0.717, 1.165) is 48.5 Å². The van der Waals surface area contributed by atoms with Crippen LogP contribution in [-0.2, 0) is 13.0 Å². The number of hydrogen-bond acceptors (Lipinski definition) is 4. The van der Waals surface area contributed by atoms with E-state index >= 15 is 0 Å². The Balaban J connectivity index is 1.76. The molecule has 5 heteroatoms. The Morgan fingerprint density at radius 3 is 2.52 bits per heavy atom. The molecule has 0 aliphatic heterocycles. The van der Waals surface area contributed by atoms with Crippen molar-refractivity contribution in [1.82, 2.24) is 9.55 Å². The summed E-state index contributed by atoms with van der Waals surface area (Å²) in [6.45, 7) is 0.910. The molecule has 2 aromatic carbocycles. The molecule has 0 saturated carbocycles. The second kappa shape index (κ2) is 10.3. The predicted octanol–water partition coefficient (Wildman–Crippen LogP) is 4.28. The van der Waals surface area contributed by atoms with Gasteiger partial charge in [-0.3, -0.25) is 9.36 Å². The first-order valence-corrected chi connectivity index (χ1v) is 10.6. The molecule has 0 bridgehead atoms. The maximum atomic E-state index is 13.0. The molecule has 0 fully saturated rings. The van der Waals surface area contributed by atoms with Crippen molar-refractivity contribution in [2.24, 2.45) is 0 Å². The summed E-state index contributed by atoms with van der Waals surface area (Å²) in [7, 11) is 0. The number of aliphatic hydroxyl groups is 1. The lowest BCUT2D eigenvalue weighted by Gasteiger charge is -2.13. The number of aromatic nitrogens is 2. The molecular formula is C22H26N2O2S. The van der Waals surface area contributed by atoms with Crippen LogP contribution in [0.15, 0.2) is 64.5 Å². The quantitative estimate of drug-likeness (QED) is 0.323. The van der Waals surface area contributed by atoms with Gasteiger partial charge in [0.25, 0.3) is 5.56 Å². The highest BCUT2D eigenvalue weighted by Gasteiger charge is 2.11. The van der Waals surface area contributed by atoms with Crippen LogP contribution in [0, 0.1) is 0 Å². The predicted molar refractivity (Wildman–Crippen MR) is 112 cm³/mol. The number of unbranched alkanes of at least 4 members (excludes halogenated alkanes) is 2. The molecule has 3 aromatic rings. The summed E-state index contributed by atoms with van der Waals surface area (Å²) in [4.78, 5) is 17.8. The number of hydrogen-bond donors (Lipinski definition) is 1. The van der Waals surface area contributed by atoms with Crippen molar-refractivity contribution < 1.29 is 5.11 Å². The molecule has 27 heavy (non-hydrogen) atoms. The average molecular weight is 383 g/mol. The molecule has 0 aliphatic rings. The van der Waals surface area contributed by atoms with E-state index in [1.807, 2.05) is 47.0 Å². The number of nitrogens with zero attached hydrogens (tertiary/aromatic N) is 2. The number of benzene rings is 2. The van der Waals surface area contributed by atoms with Gasteiger partial charge in [0.1, 0.15) is 0 Å². The molecular weight excluding hydrogens is 356 g/mol. The maximum Gasteiger partial charge on any atom is 0.262 e. The molecule has 0 atom stereocenters. The molecule has 142 valence electrons. The molecule has 0 saturated heterocycles. The van der Waals surface area contributed by atoms with Crippen molar-refractivity contribution >= 4 is 22.7 Å². The maximum absolute atomic E-state index is 13.0. The topological polar surface area (TPSA) is 55.1 Å². The molecule has 1 N–H and O–H groups in total. The Hall–Kier alpha value is -2.11. The van der Waals surface area contributed by atoms with Gasteiger partial charge >= 0.3 is 0 Å². The van der Waals surface area contributed by atoms with Crippen LogP contribution in [0.25, 0.3) is 10.9 Å². The van der Waals surface area contributed by atoms with Crippen LogP contribution in [-0.4, -0.2) is 27.0 Å². The zero-order valence-electron chi connectivity index (χ0n) is 15.5. The molecule has 0 amide bonds. The highest BCUT2D eigenvalue weighted by molar-refractivity contribution is 7.99. The van der Waals surface area contributed by atoms with Crippen LogP contribution in [0.3, 0.4) is 0 Å². The lowest BCUT2D eigenvalue weighted by molar-refractivity contribution is 0.284. The van der Waals surface area contributed by atoms with Gasteiger partial charge in [-0.05, 0) is 43.4 Å². The summed E-state index contributed by atoms with van der Waals surface area (Å²) < 4.78 is 1.84. The van der Waals surface area contributed by atoms with E-state index in [4.69, 9.17) is 10.1 Å². The largest absolute Gasteiger partial charge is 0.396 e. The summed E-state index contributed by atoms with van der Waals surface area (Å²) in [6, 6.07) is 17.9. The smallest absolute Gasteiger partial charge is 0.262 e. The molecule has 0 radical (unpaired) electrons. The zero-order valence-corrected chi connectivity index (χ0v) is 16.3. The van der Waals surface area contributed by atoms with E-state index in [0.29, 0.717) is 11.9 Å². The summed E-state index contributed by atoms with van der Waals surface area (Å²) in [5.41, 5.74) is 2.10. The van der Waals surface area contributed by atoms with Crippen LogP contribution in [0.1, 0.15) is 31.2 Å². The molecule has 0 unspecified atom stereocenters. The van der Waals surface area contributed by atoms with Crippen LogP contribution in [0.5, 0.6) is 0 Å². The summed E-state index contributed by atoms with van der Waals surface area (Å²) >= 11 is 1.64. The van der Waals surface area contributed by atoms with Crippen LogP contribution < -0.4 is 5.56 Å². The first kappa shape index (κ1) is 19.6. The number of aryl methyl sites for hydroxylation is 1. The standard InChI is InChI=1S/C22H26N2O2S/c25-16-7-2-8-17-27-22-23-20-14-6-5-13-19(20)21(26)24(22)15-9-12-18-10-3-1-4-11-18/h1,3-6,10-11,13-14,25H,2,7-9,12,15-17H2. The highest BCUT2D eigenvalue weighted by Crippen LogP contribution is 2.20. The Bertz CT molecular complexity index is 909. The molecule has 1 aromatic heterocycles. The Kier molecular flexibility index (Phi) is 7.48. The van der Waals surface area contributed by atoms with E-state index in [1.54, 1.807) is 11.8 Å². The molecule has 0 spiro atoms. The number of fused-ring (bicyclic) bond motifs is 1. The van der Waals surface area contributed by atoms with Gasteiger partial charge in [0.05, 0.1) is 10.9 Å².